The molecular formula is C36H37Cl3N4O7S. The lowest BCUT2D eigenvalue weighted by molar-refractivity contribution is -0.385. The average Bonchev–Trinajstić information content (AvgIpc) is 3.10. The van der Waals surface area contributed by atoms with Crippen LogP contribution in [0.5, 0.6) is 5.75 Å². The van der Waals surface area contributed by atoms with E-state index in [2.05, 4.69) is 5.32 Å². The minimum Gasteiger partial charge on any atom is -0.495 e. The van der Waals surface area contributed by atoms with Gasteiger partial charge in [-0.25, -0.2) is 8.42 Å². The Balaban J connectivity index is 1.91. The van der Waals surface area contributed by atoms with Gasteiger partial charge in [-0.05, 0) is 67.8 Å². The van der Waals surface area contributed by atoms with Crippen molar-refractivity contribution in [3.05, 3.63) is 127 Å². The molecule has 0 unspecified atom stereocenters. The predicted molar refractivity (Wildman–Crippen MR) is 199 cm³/mol. The summed E-state index contributed by atoms with van der Waals surface area (Å²) in [5, 5.41) is 15.4. The number of nitro groups is 1. The summed E-state index contributed by atoms with van der Waals surface area (Å²) in [6.45, 7) is 4.23. The maximum absolute atomic E-state index is 14.8. The topological polar surface area (TPSA) is 139 Å². The van der Waals surface area contributed by atoms with Crippen LogP contribution in [0.25, 0.3) is 0 Å². The molecule has 0 bridgehead atoms. The molecule has 0 saturated carbocycles. The normalized spacial score (nSPS) is 12.5. The van der Waals surface area contributed by atoms with Crippen LogP contribution < -0.4 is 14.4 Å². The van der Waals surface area contributed by atoms with Gasteiger partial charge in [0.05, 0.1) is 32.7 Å². The molecule has 0 fully saturated rings. The average molecular weight is 776 g/mol. The van der Waals surface area contributed by atoms with Crippen LogP contribution in [0.1, 0.15) is 37.0 Å². The van der Waals surface area contributed by atoms with E-state index < -0.39 is 49.9 Å². The third-order valence-corrected chi connectivity index (χ3v) is 11.0. The number of halogens is 3. The van der Waals surface area contributed by atoms with Crippen molar-refractivity contribution in [2.24, 2.45) is 0 Å². The molecule has 4 rings (SSSR count). The van der Waals surface area contributed by atoms with Crippen LogP contribution in [0.3, 0.4) is 0 Å². The summed E-state index contributed by atoms with van der Waals surface area (Å²) < 4.78 is 35.3. The zero-order valence-corrected chi connectivity index (χ0v) is 31.4. The van der Waals surface area contributed by atoms with Crippen molar-refractivity contribution >= 4 is 68.0 Å². The van der Waals surface area contributed by atoms with Crippen molar-refractivity contribution < 1.29 is 27.7 Å². The van der Waals surface area contributed by atoms with E-state index in [1.807, 2.05) is 44.2 Å². The molecule has 0 radical (unpaired) electrons. The van der Waals surface area contributed by atoms with Gasteiger partial charge in [-0.1, -0.05) is 84.2 Å². The fourth-order valence-electron chi connectivity index (χ4n) is 5.27. The van der Waals surface area contributed by atoms with Crippen molar-refractivity contribution in [1.29, 1.82) is 0 Å². The van der Waals surface area contributed by atoms with Gasteiger partial charge in [0.2, 0.25) is 11.8 Å². The van der Waals surface area contributed by atoms with Crippen molar-refractivity contribution in [1.82, 2.24) is 10.2 Å². The third-order valence-electron chi connectivity index (χ3n) is 8.26. The van der Waals surface area contributed by atoms with Gasteiger partial charge in [0.25, 0.3) is 15.7 Å². The maximum atomic E-state index is 14.8. The lowest BCUT2D eigenvalue weighted by atomic mass is 10.0. The van der Waals surface area contributed by atoms with Crippen LogP contribution in [0.15, 0.2) is 89.8 Å². The maximum Gasteiger partial charge on any atom is 0.273 e. The molecule has 15 heteroatoms. The molecule has 0 saturated heterocycles. The highest BCUT2D eigenvalue weighted by atomic mass is 35.5. The minimum atomic E-state index is -4.71. The highest BCUT2D eigenvalue weighted by Crippen LogP contribution is 2.36. The SMILES string of the molecule is CC[C@H](C)NC(=O)[C@H](Cc1ccccc1)N(Cc1ccc(Cl)c(Cl)c1)C(=O)CN(c1cc(Cl)ccc1OC)S(=O)(=O)c1ccc(C)c([N+](=O)[O-])c1. The predicted octanol–water partition coefficient (Wildman–Crippen LogP) is 7.62. The molecule has 4 aromatic carbocycles. The van der Waals surface area contributed by atoms with Gasteiger partial charge >= 0.3 is 0 Å². The van der Waals surface area contributed by atoms with Crippen molar-refractivity contribution in [2.75, 3.05) is 18.0 Å². The third kappa shape index (κ3) is 9.70. The number of methoxy groups -OCH3 is 1. The standard InChI is InChI=1S/C36H37Cl3N4O7S/c1-5-24(3)40-36(45)33(18-25-9-7-6-8-10-25)41(21-26-12-15-29(38)30(39)17-26)35(44)22-42(32-19-27(37)13-16-34(32)50-4)51(48,49)28-14-11-23(2)31(20-28)43(46)47/h6-17,19-20,24,33H,5,18,21-22H2,1-4H3,(H,40,45)/t24-,33-/m0/s1. The molecule has 51 heavy (non-hydrogen) atoms. The van der Waals surface area contributed by atoms with E-state index >= 15 is 0 Å². The molecule has 0 aliphatic heterocycles. The molecule has 0 heterocycles. The Morgan fingerprint density at radius 2 is 1.65 bits per heavy atom. The van der Waals surface area contributed by atoms with Crippen LogP contribution in [-0.4, -0.2) is 55.8 Å². The highest BCUT2D eigenvalue weighted by molar-refractivity contribution is 7.92. The zero-order chi connectivity index (χ0) is 37.5. The van der Waals surface area contributed by atoms with Crippen molar-refractivity contribution in [3.63, 3.8) is 0 Å². The largest absolute Gasteiger partial charge is 0.495 e. The van der Waals surface area contributed by atoms with E-state index in [-0.39, 0.29) is 51.1 Å². The van der Waals surface area contributed by atoms with Crippen molar-refractivity contribution in [2.45, 2.75) is 57.1 Å². The quantitative estimate of drug-likeness (QED) is 0.0969. The molecule has 0 aliphatic carbocycles. The number of amides is 2. The second-order valence-corrected chi connectivity index (χ2v) is 14.9. The molecule has 0 aliphatic rings. The number of hydrogen-bond donors (Lipinski definition) is 1. The summed E-state index contributed by atoms with van der Waals surface area (Å²) in [6.07, 6.45) is 0.710. The van der Waals surface area contributed by atoms with E-state index in [9.17, 15) is 28.1 Å². The fraction of sp³-hybridized carbons (Fsp3) is 0.278. The summed E-state index contributed by atoms with van der Waals surface area (Å²) in [7, 11) is -3.39. The van der Waals surface area contributed by atoms with Gasteiger partial charge in [0.15, 0.2) is 0 Å². The second-order valence-electron chi connectivity index (χ2n) is 11.8. The Bertz CT molecular complexity index is 2020. The Morgan fingerprint density at radius 1 is 0.941 bits per heavy atom. The number of nitro benzene ring substituents is 1. The van der Waals surface area contributed by atoms with Gasteiger partial charge in [0, 0.05) is 35.7 Å². The molecule has 11 nitrogen and oxygen atoms in total. The Labute approximate surface area is 312 Å². The Morgan fingerprint density at radius 3 is 2.27 bits per heavy atom. The monoisotopic (exact) mass is 774 g/mol. The van der Waals surface area contributed by atoms with Crippen LogP contribution >= 0.6 is 34.8 Å². The van der Waals surface area contributed by atoms with Gasteiger partial charge < -0.3 is 15.0 Å². The number of sulfonamides is 1. The first-order chi connectivity index (χ1) is 24.2. The van der Waals surface area contributed by atoms with Gasteiger partial charge in [-0.2, -0.15) is 0 Å². The first kappa shape index (κ1) is 39.4. The fourth-order valence-corrected chi connectivity index (χ4v) is 7.20. The number of rotatable bonds is 15. The molecule has 2 amide bonds. The summed E-state index contributed by atoms with van der Waals surface area (Å²) in [6, 6.07) is 20.2. The number of aryl methyl sites for hydroxylation is 1. The lowest BCUT2D eigenvalue weighted by Gasteiger charge is -2.34. The lowest BCUT2D eigenvalue weighted by Crippen LogP contribution is -2.54. The molecule has 270 valence electrons. The molecular weight excluding hydrogens is 739 g/mol. The molecule has 2 atom stereocenters. The molecule has 0 spiro atoms. The first-order valence-electron chi connectivity index (χ1n) is 15.8. The summed E-state index contributed by atoms with van der Waals surface area (Å²) >= 11 is 18.9. The number of nitrogens with one attached hydrogen (secondary N) is 1. The van der Waals surface area contributed by atoms with Gasteiger partial charge in [-0.3, -0.25) is 24.0 Å². The van der Waals surface area contributed by atoms with E-state index in [0.717, 1.165) is 15.9 Å². The van der Waals surface area contributed by atoms with Gasteiger partial charge in [-0.15, -0.1) is 0 Å². The minimum absolute atomic E-state index is 0.0590. The Kier molecular flexibility index (Phi) is 13.3. The van der Waals surface area contributed by atoms with Crippen LogP contribution in [0.4, 0.5) is 11.4 Å². The molecule has 1 N–H and O–H groups in total. The number of anilines is 1. The second kappa shape index (κ2) is 17.2. The number of carbonyl (C=O) groups is 2. The smallest absolute Gasteiger partial charge is 0.273 e. The van der Waals surface area contributed by atoms with E-state index in [1.165, 1.54) is 49.3 Å². The molecule has 0 aromatic heterocycles. The summed E-state index contributed by atoms with van der Waals surface area (Å²) in [5.74, 6) is -1.16. The number of hydrogen-bond acceptors (Lipinski definition) is 7. The van der Waals surface area contributed by atoms with Crippen LogP contribution in [0.2, 0.25) is 15.1 Å². The summed E-state index contributed by atoms with van der Waals surface area (Å²) in [4.78, 5) is 40.8. The number of nitrogens with zero attached hydrogens (tertiary/aromatic N) is 3. The highest BCUT2D eigenvalue weighted by Gasteiger charge is 2.36. The summed E-state index contributed by atoms with van der Waals surface area (Å²) in [5.41, 5.74) is 0.995. The van der Waals surface area contributed by atoms with E-state index in [4.69, 9.17) is 39.5 Å². The first-order valence-corrected chi connectivity index (χ1v) is 18.4. The number of benzene rings is 4. The van der Waals surface area contributed by atoms with Crippen LogP contribution in [-0.2, 0) is 32.6 Å². The Hall–Kier alpha value is -4.36. The van der Waals surface area contributed by atoms with Crippen LogP contribution in [0, 0.1) is 17.0 Å². The molecule has 4 aromatic rings. The zero-order valence-electron chi connectivity index (χ0n) is 28.3. The number of ether oxygens (including phenoxy) is 1. The van der Waals surface area contributed by atoms with E-state index in [1.54, 1.807) is 18.2 Å². The van der Waals surface area contributed by atoms with E-state index in [0.29, 0.717) is 12.0 Å². The van der Waals surface area contributed by atoms with Gasteiger partial charge in [0.1, 0.15) is 18.3 Å². The van der Waals surface area contributed by atoms with Crippen molar-refractivity contribution in [3.8, 4) is 5.75 Å². The number of carbonyl (C=O) groups excluding carboxylic acids is 2.